The lowest BCUT2D eigenvalue weighted by Crippen LogP contribution is -1.86. The van der Waals surface area contributed by atoms with E-state index in [2.05, 4.69) is 31.1 Å². The zero-order valence-corrected chi connectivity index (χ0v) is 12.6. The topological polar surface area (TPSA) is 75.6 Å². The summed E-state index contributed by atoms with van der Waals surface area (Å²) in [5.41, 5.74) is 2.97. The molecule has 0 radical (unpaired) electrons. The standard InChI is InChI=1S/C15H9BrN4O/c1-9-2-3-12(13(16)6-9)14-19-15(21-20-14)10-4-5-18-11(7-10)8-17/h2-7H,1H3. The molecule has 21 heavy (non-hydrogen) atoms. The summed E-state index contributed by atoms with van der Waals surface area (Å²) in [5.74, 6) is 0.851. The van der Waals surface area contributed by atoms with Crippen LogP contribution in [0.2, 0.25) is 0 Å². The summed E-state index contributed by atoms with van der Waals surface area (Å²) in [4.78, 5) is 8.29. The van der Waals surface area contributed by atoms with Crippen LogP contribution in [0.1, 0.15) is 11.3 Å². The van der Waals surface area contributed by atoms with Crippen molar-refractivity contribution in [3.63, 3.8) is 0 Å². The van der Waals surface area contributed by atoms with Gasteiger partial charge >= 0.3 is 0 Å². The first-order valence-electron chi connectivity index (χ1n) is 6.14. The fourth-order valence-corrected chi connectivity index (χ4v) is 2.55. The summed E-state index contributed by atoms with van der Waals surface area (Å²) in [6.07, 6.45) is 1.54. The predicted octanol–water partition coefficient (Wildman–Crippen LogP) is 3.74. The van der Waals surface area contributed by atoms with Gasteiger partial charge in [0.15, 0.2) is 0 Å². The van der Waals surface area contributed by atoms with Crippen LogP contribution in [-0.2, 0) is 0 Å². The molecule has 1 aromatic carbocycles. The van der Waals surface area contributed by atoms with E-state index < -0.39 is 0 Å². The van der Waals surface area contributed by atoms with Crippen LogP contribution in [0.25, 0.3) is 22.8 Å². The number of hydrogen-bond donors (Lipinski definition) is 0. The van der Waals surface area contributed by atoms with Crippen molar-refractivity contribution in [3.8, 4) is 28.9 Å². The third-order valence-electron chi connectivity index (χ3n) is 2.91. The maximum absolute atomic E-state index is 8.87. The molecule has 0 aliphatic carbocycles. The van der Waals surface area contributed by atoms with Crippen molar-refractivity contribution in [2.45, 2.75) is 6.92 Å². The van der Waals surface area contributed by atoms with Crippen LogP contribution in [0.4, 0.5) is 0 Å². The number of aryl methyl sites for hydroxylation is 1. The molecular weight excluding hydrogens is 332 g/mol. The Morgan fingerprint density at radius 1 is 1.24 bits per heavy atom. The number of hydrogen-bond acceptors (Lipinski definition) is 5. The highest BCUT2D eigenvalue weighted by atomic mass is 79.9. The number of rotatable bonds is 2. The summed E-state index contributed by atoms with van der Waals surface area (Å²) in [6, 6.07) is 11.2. The van der Waals surface area contributed by atoms with Gasteiger partial charge in [0.05, 0.1) is 0 Å². The Bertz CT molecular complexity index is 851. The van der Waals surface area contributed by atoms with Gasteiger partial charge < -0.3 is 4.52 Å². The second kappa shape index (κ2) is 5.46. The van der Waals surface area contributed by atoms with Crippen LogP contribution < -0.4 is 0 Å². The van der Waals surface area contributed by atoms with E-state index in [1.165, 1.54) is 0 Å². The van der Waals surface area contributed by atoms with Gasteiger partial charge in [0, 0.05) is 21.8 Å². The fraction of sp³-hybridized carbons (Fsp3) is 0.0667. The van der Waals surface area contributed by atoms with Crippen molar-refractivity contribution < 1.29 is 4.52 Å². The zero-order chi connectivity index (χ0) is 14.8. The van der Waals surface area contributed by atoms with Crippen molar-refractivity contribution in [2.75, 3.05) is 0 Å². The number of halogens is 1. The average molecular weight is 341 g/mol. The van der Waals surface area contributed by atoms with Gasteiger partial charge in [0.25, 0.3) is 5.89 Å². The quantitative estimate of drug-likeness (QED) is 0.710. The normalized spacial score (nSPS) is 10.3. The molecule has 2 aromatic heterocycles. The van der Waals surface area contributed by atoms with Crippen LogP contribution >= 0.6 is 15.9 Å². The zero-order valence-electron chi connectivity index (χ0n) is 11.0. The molecule has 0 fully saturated rings. The van der Waals surface area contributed by atoms with E-state index in [1.54, 1.807) is 18.3 Å². The van der Waals surface area contributed by atoms with E-state index in [1.807, 2.05) is 31.2 Å². The maximum atomic E-state index is 8.87. The molecule has 0 saturated carbocycles. The highest BCUT2D eigenvalue weighted by molar-refractivity contribution is 9.10. The fourth-order valence-electron chi connectivity index (χ4n) is 1.88. The number of benzene rings is 1. The molecule has 0 atom stereocenters. The Hall–Kier alpha value is -2.52. The van der Waals surface area contributed by atoms with Gasteiger partial charge in [-0.15, -0.1) is 0 Å². The molecule has 0 saturated heterocycles. The van der Waals surface area contributed by atoms with Crippen LogP contribution in [0.5, 0.6) is 0 Å². The summed E-state index contributed by atoms with van der Waals surface area (Å²) < 4.78 is 6.18. The second-order valence-electron chi connectivity index (χ2n) is 4.45. The summed E-state index contributed by atoms with van der Waals surface area (Å²) in [7, 11) is 0. The first kappa shape index (κ1) is 13.5. The molecular formula is C15H9BrN4O. The van der Waals surface area contributed by atoms with E-state index >= 15 is 0 Å². The molecule has 0 N–H and O–H groups in total. The number of pyridine rings is 1. The number of nitriles is 1. The van der Waals surface area contributed by atoms with Crippen molar-refractivity contribution >= 4 is 15.9 Å². The van der Waals surface area contributed by atoms with Gasteiger partial charge in [-0.05, 0) is 36.8 Å². The highest BCUT2D eigenvalue weighted by Crippen LogP contribution is 2.28. The van der Waals surface area contributed by atoms with E-state index in [4.69, 9.17) is 9.78 Å². The molecule has 0 amide bonds. The first-order chi connectivity index (χ1) is 10.2. The maximum Gasteiger partial charge on any atom is 0.258 e. The highest BCUT2D eigenvalue weighted by Gasteiger charge is 2.13. The van der Waals surface area contributed by atoms with Crippen molar-refractivity contribution in [3.05, 3.63) is 52.3 Å². The number of aromatic nitrogens is 3. The van der Waals surface area contributed by atoms with E-state index in [0.717, 1.165) is 15.6 Å². The van der Waals surface area contributed by atoms with Gasteiger partial charge in [-0.3, -0.25) is 0 Å². The van der Waals surface area contributed by atoms with Crippen LogP contribution in [0, 0.1) is 18.3 Å². The molecule has 2 heterocycles. The molecule has 3 aromatic rings. The van der Waals surface area contributed by atoms with Crippen LogP contribution in [0.15, 0.2) is 45.5 Å². The van der Waals surface area contributed by atoms with E-state index in [-0.39, 0.29) is 0 Å². The Morgan fingerprint density at radius 2 is 2.10 bits per heavy atom. The SMILES string of the molecule is Cc1ccc(-c2noc(-c3ccnc(C#N)c3)n2)c(Br)c1. The summed E-state index contributed by atoms with van der Waals surface area (Å²) in [6.45, 7) is 2.01. The summed E-state index contributed by atoms with van der Waals surface area (Å²) in [5, 5.41) is 12.9. The molecule has 0 aliphatic heterocycles. The Balaban J connectivity index is 2.02. The molecule has 0 bridgehead atoms. The van der Waals surface area contributed by atoms with Gasteiger partial charge in [-0.2, -0.15) is 10.2 Å². The minimum Gasteiger partial charge on any atom is -0.334 e. The second-order valence-corrected chi connectivity index (χ2v) is 5.30. The summed E-state index contributed by atoms with van der Waals surface area (Å²) >= 11 is 3.50. The van der Waals surface area contributed by atoms with Crippen molar-refractivity contribution in [2.24, 2.45) is 0 Å². The van der Waals surface area contributed by atoms with Gasteiger partial charge in [-0.25, -0.2) is 4.98 Å². The van der Waals surface area contributed by atoms with Crippen molar-refractivity contribution in [1.29, 1.82) is 5.26 Å². The lowest BCUT2D eigenvalue weighted by Gasteiger charge is -1.99. The largest absolute Gasteiger partial charge is 0.334 e. The van der Waals surface area contributed by atoms with Gasteiger partial charge in [0.2, 0.25) is 5.82 Å². The molecule has 3 rings (SSSR count). The lowest BCUT2D eigenvalue weighted by atomic mass is 10.1. The van der Waals surface area contributed by atoms with Crippen molar-refractivity contribution in [1.82, 2.24) is 15.1 Å². The van der Waals surface area contributed by atoms with Gasteiger partial charge in [-0.1, -0.05) is 27.2 Å². The third kappa shape index (κ3) is 2.69. The van der Waals surface area contributed by atoms with Crippen LogP contribution in [-0.4, -0.2) is 15.1 Å². The Morgan fingerprint density at radius 3 is 2.86 bits per heavy atom. The average Bonchev–Trinajstić information content (AvgIpc) is 2.97. The molecule has 6 heteroatoms. The molecule has 0 spiro atoms. The molecule has 102 valence electrons. The van der Waals surface area contributed by atoms with E-state index in [0.29, 0.717) is 23.0 Å². The van der Waals surface area contributed by atoms with E-state index in [9.17, 15) is 0 Å². The molecule has 5 nitrogen and oxygen atoms in total. The van der Waals surface area contributed by atoms with Crippen LogP contribution in [0.3, 0.4) is 0 Å². The monoisotopic (exact) mass is 340 g/mol. The predicted molar refractivity (Wildman–Crippen MR) is 80.1 cm³/mol. The molecule has 0 aliphatic rings. The third-order valence-corrected chi connectivity index (χ3v) is 3.57. The minimum atomic E-state index is 0.309. The first-order valence-corrected chi connectivity index (χ1v) is 6.93. The number of nitrogens with zero attached hydrogens (tertiary/aromatic N) is 4. The minimum absolute atomic E-state index is 0.309. The van der Waals surface area contributed by atoms with Gasteiger partial charge in [0.1, 0.15) is 11.8 Å². The lowest BCUT2D eigenvalue weighted by molar-refractivity contribution is 0.432. The smallest absolute Gasteiger partial charge is 0.258 e. The molecule has 0 unspecified atom stereocenters. The Labute approximate surface area is 129 Å². The Kier molecular flexibility index (Phi) is 3.50.